The molecule has 0 aromatic heterocycles. The van der Waals surface area contributed by atoms with Crippen LogP contribution in [0.5, 0.6) is 5.75 Å². The van der Waals surface area contributed by atoms with Crippen LogP contribution >= 0.6 is 0 Å². The molecule has 8 heteroatoms. The Kier molecular flexibility index (Phi) is 5.62. The zero-order chi connectivity index (χ0) is 25.8. The number of ketones is 1. The van der Waals surface area contributed by atoms with Gasteiger partial charge in [-0.25, -0.2) is 0 Å². The molecule has 0 bridgehead atoms. The Morgan fingerprint density at radius 3 is 2.50 bits per heavy atom. The first-order valence-electron chi connectivity index (χ1n) is 11.4. The van der Waals surface area contributed by atoms with Gasteiger partial charge in [-0.05, 0) is 66.9 Å². The normalized spacial score (nSPS) is 21.0. The molecule has 2 aliphatic heterocycles. The maximum Gasteiger partial charge on any atom is 0.416 e. The number of hydrogen-bond donors (Lipinski definition) is 1. The highest BCUT2D eigenvalue weighted by Gasteiger charge is 2.48. The van der Waals surface area contributed by atoms with E-state index in [-0.39, 0.29) is 17.4 Å². The molecule has 3 aromatic rings. The van der Waals surface area contributed by atoms with E-state index in [2.05, 4.69) is 0 Å². The number of aryl methyl sites for hydroxylation is 1. The molecule has 0 aliphatic carbocycles. The van der Waals surface area contributed by atoms with Crippen molar-refractivity contribution >= 4 is 23.1 Å². The fourth-order valence-corrected chi connectivity index (χ4v) is 4.84. The molecule has 2 aliphatic rings. The molecule has 1 N–H and O–H groups in total. The Labute approximate surface area is 205 Å². The number of carbonyl (C=O) groups excluding carboxylic acids is 2. The van der Waals surface area contributed by atoms with Crippen molar-refractivity contribution in [3.05, 3.63) is 100 Å². The maximum atomic E-state index is 13.4. The molecule has 5 nitrogen and oxygen atoms in total. The first kappa shape index (κ1) is 23.7. The SMILES string of the molecule is Cc1ccccc1C1/C(=C(\O)c2ccc3c(c2)CC(C)O3)C(=O)C(=O)N1c1cccc(C(F)(F)F)c1. The molecule has 5 rings (SSSR count). The average molecular weight is 493 g/mol. The predicted octanol–water partition coefficient (Wildman–Crippen LogP) is 5.96. The van der Waals surface area contributed by atoms with Crippen molar-refractivity contribution in [3.63, 3.8) is 0 Å². The van der Waals surface area contributed by atoms with Crippen LogP contribution in [0.3, 0.4) is 0 Å². The fraction of sp³-hybridized carbons (Fsp3) is 0.214. The minimum absolute atomic E-state index is 0.0316. The fourth-order valence-electron chi connectivity index (χ4n) is 4.84. The molecule has 2 unspecified atom stereocenters. The summed E-state index contributed by atoms with van der Waals surface area (Å²) in [6.07, 6.45) is -4.04. The van der Waals surface area contributed by atoms with Crippen molar-refractivity contribution in [2.24, 2.45) is 0 Å². The highest BCUT2D eigenvalue weighted by atomic mass is 19.4. The van der Waals surface area contributed by atoms with E-state index in [1.165, 1.54) is 12.1 Å². The predicted molar refractivity (Wildman–Crippen MR) is 128 cm³/mol. The lowest BCUT2D eigenvalue weighted by Gasteiger charge is -2.27. The topological polar surface area (TPSA) is 66.8 Å². The van der Waals surface area contributed by atoms with Gasteiger partial charge in [0.25, 0.3) is 11.7 Å². The van der Waals surface area contributed by atoms with Gasteiger partial charge in [-0.2, -0.15) is 13.2 Å². The Morgan fingerprint density at radius 1 is 1.03 bits per heavy atom. The monoisotopic (exact) mass is 493 g/mol. The van der Waals surface area contributed by atoms with E-state index in [1.807, 2.05) is 6.92 Å². The molecule has 2 heterocycles. The molecule has 1 saturated heterocycles. The van der Waals surface area contributed by atoms with Gasteiger partial charge in [0.1, 0.15) is 17.6 Å². The van der Waals surface area contributed by atoms with Gasteiger partial charge in [0.15, 0.2) is 0 Å². The van der Waals surface area contributed by atoms with Crippen molar-refractivity contribution in [1.29, 1.82) is 0 Å². The minimum atomic E-state index is -4.63. The van der Waals surface area contributed by atoms with Crippen LogP contribution in [0.2, 0.25) is 0 Å². The summed E-state index contributed by atoms with van der Waals surface area (Å²) in [5.74, 6) is -1.69. The van der Waals surface area contributed by atoms with Gasteiger partial charge in [-0.15, -0.1) is 0 Å². The van der Waals surface area contributed by atoms with Crippen LogP contribution in [0.15, 0.2) is 72.3 Å². The number of carbonyl (C=O) groups is 2. The second-order valence-corrected chi connectivity index (χ2v) is 9.03. The summed E-state index contributed by atoms with van der Waals surface area (Å²) in [6.45, 7) is 3.69. The molecule has 0 radical (unpaired) electrons. The number of aliphatic hydroxyl groups excluding tert-OH is 1. The van der Waals surface area contributed by atoms with Crippen LogP contribution in [0.25, 0.3) is 5.76 Å². The molecular weight excluding hydrogens is 471 g/mol. The van der Waals surface area contributed by atoms with Crippen LogP contribution in [-0.2, 0) is 22.2 Å². The number of hydrogen-bond acceptors (Lipinski definition) is 4. The third kappa shape index (κ3) is 3.92. The van der Waals surface area contributed by atoms with E-state index in [0.29, 0.717) is 28.9 Å². The van der Waals surface area contributed by atoms with Crippen LogP contribution in [-0.4, -0.2) is 22.9 Å². The average Bonchev–Trinajstić information content (AvgIpc) is 3.34. The summed E-state index contributed by atoms with van der Waals surface area (Å²) in [6, 6.07) is 15.1. The quantitative estimate of drug-likeness (QED) is 0.278. The molecule has 36 heavy (non-hydrogen) atoms. The standard InChI is InChI=1S/C28H22F3NO4/c1-15-6-3-4-9-21(15)24-23(25(33)17-10-11-22-18(13-17)12-16(2)36-22)26(34)27(35)32(24)20-8-5-7-19(14-20)28(29,30)31/h3-11,13-14,16,24,33H,12H2,1-2H3/b25-23+. The largest absolute Gasteiger partial charge is 0.507 e. The summed E-state index contributed by atoms with van der Waals surface area (Å²) >= 11 is 0. The third-order valence-electron chi connectivity index (χ3n) is 6.55. The highest BCUT2D eigenvalue weighted by Crippen LogP contribution is 2.44. The van der Waals surface area contributed by atoms with Gasteiger partial charge >= 0.3 is 6.18 Å². The Balaban J connectivity index is 1.71. The molecule has 1 amide bonds. The van der Waals surface area contributed by atoms with Gasteiger partial charge in [0, 0.05) is 17.7 Å². The molecule has 1 fully saturated rings. The van der Waals surface area contributed by atoms with E-state index >= 15 is 0 Å². The number of nitrogens with zero attached hydrogens (tertiary/aromatic N) is 1. The summed E-state index contributed by atoms with van der Waals surface area (Å²) < 4.78 is 46.0. The van der Waals surface area contributed by atoms with Crippen molar-refractivity contribution in [1.82, 2.24) is 0 Å². The summed E-state index contributed by atoms with van der Waals surface area (Å²) in [4.78, 5) is 27.6. The van der Waals surface area contributed by atoms with Crippen molar-refractivity contribution in [2.75, 3.05) is 4.90 Å². The van der Waals surface area contributed by atoms with Crippen LogP contribution in [0, 0.1) is 6.92 Å². The number of aliphatic hydroxyl groups is 1. The van der Waals surface area contributed by atoms with E-state index in [1.54, 1.807) is 49.4 Å². The number of alkyl halides is 3. The summed E-state index contributed by atoms with van der Waals surface area (Å²) in [5.41, 5.74) is 1.20. The summed E-state index contributed by atoms with van der Waals surface area (Å²) in [7, 11) is 0. The lowest BCUT2D eigenvalue weighted by atomic mass is 9.92. The van der Waals surface area contributed by atoms with Gasteiger partial charge < -0.3 is 9.84 Å². The zero-order valence-electron chi connectivity index (χ0n) is 19.5. The molecule has 0 spiro atoms. The van der Waals surface area contributed by atoms with Gasteiger partial charge in [-0.1, -0.05) is 30.3 Å². The van der Waals surface area contributed by atoms with E-state index in [0.717, 1.165) is 22.6 Å². The van der Waals surface area contributed by atoms with E-state index in [9.17, 15) is 27.9 Å². The number of anilines is 1. The van der Waals surface area contributed by atoms with Crippen molar-refractivity contribution < 1.29 is 32.6 Å². The maximum absolute atomic E-state index is 13.4. The van der Waals surface area contributed by atoms with Crippen molar-refractivity contribution in [2.45, 2.75) is 38.6 Å². The van der Waals surface area contributed by atoms with Crippen molar-refractivity contribution in [3.8, 4) is 5.75 Å². The smallest absolute Gasteiger partial charge is 0.416 e. The summed E-state index contributed by atoms with van der Waals surface area (Å²) in [5, 5.41) is 11.3. The number of Topliss-reactive ketones (excluding diaryl/α,β-unsaturated/α-hetero) is 1. The Morgan fingerprint density at radius 2 is 1.78 bits per heavy atom. The van der Waals surface area contributed by atoms with Crippen LogP contribution in [0.1, 0.15) is 40.8 Å². The molecule has 0 saturated carbocycles. The Hall–Kier alpha value is -4.07. The number of halogens is 3. The van der Waals surface area contributed by atoms with Gasteiger partial charge in [0.05, 0.1) is 17.2 Å². The third-order valence-corrected chi connectivity index (χ3v) is 6.55. The molecular formula is C28H22F3NO4. The second kappa shape index (κ2) is 8.55. The first-order valence-corrected chi connectivity index (χ1v) is 11.4. The minimum Gasteiger partial charge on any atom is -0.507 e. The van der Waals surface area contributed by atoms with Crippen LogP contribution < -0.4 is 9.64 Å². The first-order chi connectivity index (χ1) is 17.1. The van der Waals surface area contributed by atoms with Crippen LogP contribution in [0.4, 0.5) is 18.9 Å². The molecule has 184 valence electrons. The second-order valence-electron chi connectivity index (χ2n) is 9.03. The Bertz CT molecular complexity index is 1430. The van der Waals surface area contributed by atoms with Gasteiger partial charge in [0.2, 0.25) is 0 Å². The highest BCUT2D eigenvalue weighted by molar-refractivity contribution is 6.51. The number of fused-ring (bicyclic) bond motifs is 1. The number of rotatable bonds is 3. The zero-order valence-corrected chi connectivity index (χ0v) is 19.5. The lowest BCUT2D eigenvalue weighted by molar-refractivity contribution is -0.137. The lowest BCUT2D eigenvalue weighted by Crippen LogP contribution is -2.30. The molecule has 2 atom stereocenters. The molecule has 3 aromatic carbocycles. The number of amides is 1. The van der Waals surface area contributed by atoms with Gasteiger partial charge in [-0.3, -0.25) is 14.5 Å². The van der Waals surface area contributed by atoms with E-state index in [4.69, 9.17) is 4.74 Å². The number of benzene rings is 3. The number of ether oxygens (including phenoxy) is 1. The van der Waals surface area contributed by atoms with E-state index < -0.39 is 35.2 Å².